The van der Waals surface area contributed by atoms with E-state index in [2.05, 4.69) is 0 Å². The summed E-state index contributed by atoms with van der Waals surface area (Å²) in [5, 5.41) is 9.53. The van der Waals surface area contributed by atoms with E-state index in [0.717, 1.165) is 0 Å². The first-order valence-electron chi connectivity index (χ1n) is 4.85. The molecule has 1 amide bonds. The van der Waals surface area contributed by atoms with Crippen LogP contribution in [-0.4, -0.2) is 28.0 Å². The maximum atomic E-state index is 11.6. The molecule has 0 aliphatic carbocycles. The third-order valence-electron chi connectivity index (χ3n) is 2.00. The van der Waals surface area contributed by atoms with Gasteiger partial charge in [-0.05, 0) is 30.2 Å². The van der Waals surface area contributed by atoms with E-state index in [4.69, 9.17) is 11.6 Å². The Bertz CT molecular complexity index is 367. The highest BCUT2D eigenvalue weighted by Gasteiger charge is 2.12. The van der Waals surface area contributed by atoms with Crippen molar-refractivity contribution < 1.29 is 14.8 Å². The average molecular weight is 242 g/mol. The van der Waals surface area contributed by atoms with Crippen molar-refractivity contribution in [3.63, 3.8) is 0 Å². The Kier molecular flexibility index (Phi) is 4.95. The summed E-state index contributed by atoms with van der Waals surface area (Å²) in [7, 11) is 0. The lowest BCUT2D eigenvalue weighted by molar-refractivity contribution is -0.112. The minimum atomic E-state index is -0.484. The normalized spacial score (nSPS) is 9.88. The summed E-state index contributed by atoms with van der Waals surface area (Å²) >= 11 is 5.13. The molecule has 1 rings (SSSR count). The molecule has 0 aromatic heterocycles. The van der Waals surface area contributed by atoms with Gasteiger partial charge in [-0.3, -0.25) is 14.8 Å². The Morgan fingerprint density at radius 2 is 1.88 bits per heavy atom. The molecule has 1 aromatic carbocycles. The van der Waals surface area contributed by atoms with Crippen molar-refractivity contribution in [2.24, 2.45) is 0 Å². The average Bonchev–Trinajstić information content (AvgIpc) is 2.28. The highest BCUT2D eigenvalue weighted by atomic mass is 35.5. The van der Waals surface area contributed by atoms with Crippen LogP contribution < -0.4 is 0 Å². The van der Waals surface area contributed by atoms with Crippen LogP contribution in [0.1, 0.15) is 23.2 Å². The standard InChI is InChI=1S/C11H12ClNO3/c12-10(14)7-4-8-13(16)11(15)9-5-2-1-3-6-9/h1-3,5-6,16H,4,7-8H2. The second kappa shape index (κ2) is 6.25. The molecule has 0 unspecified atom stereocenters. The van der Waals surface area contributed by atoms with E-state index in [9.17, 15) is 14.8 Å². The van der Waals surface area contributed by atoms with E-state index in [1.807, 2.05) is 0 Å². The van der Waals surface area contributed by atoms with Crippen LogP contribution in [0.4, 0.5) is 0 Å². The van der Waals surface area contributed by atoms with Gasteiger partial charge in [-0.25, -0.2) is 5.06 Å². The summed E-state index contributed by atoms with van der Waals surface area (Å²) in [4.78, 5) is 22.0. The van der Waals surface area contributed by atoms with Gasteiger partial charge in [0.25, 0.3) is 5.91 Å². The zero-order valence-electron chi connectivity index (χ0n) is 8.60. The first-order valence-corrected chi connectivity index (χ1v) is 5.23. The summed E-state index contributed by atoms with van der Waals surface area (Å²) in [5.41, 5.74) is 0.405. The molecule has 0 saturated carbocycles. The molecule has 0 bridgehead atoms. The van der Waals surface area contributed by atoms with Crippen LogP contribution in [0.15, 0.2) is 30.3 Å². The number of halogens is 1. The molecule has 0 spiro atoms. The van der Waals surface area contributed by atoms with E-state index in [1.54, 1.807) is 30.3 Å². The fourth-order valence-electron chi connectivity index (χ4n) is 1.20. The molecule has 0 saturated heterocycles. The molecule has 1 aromatic rings. The number of hydroxylamine groups is 2. The molecule has 1 N–H and O–H groups in total. The maximum absolute atomic E-state index is 11.6. The van der Waals surface area contributed by atoms with Gasteiger partial charge in [-0.1, -0.05) is 18.2 Å². The van der Waals surface area contributed by atoms with Gasteiger partial charge < -0.3 is 0 Å². The van der Waals surface area contributed by atoms with Crippen molar-refractivity contribution >= 4 is 22.8 Å². The monoisotopic (exact) mass is 241 g/mol. The predicted octanol–water partition coefficient (Wildman–Crippen LogP) is 2.06. The number of amides is 1. The molecule has 16 heavy (non-hydrogen) atoms. The lowest BCUT2D eigenvalue weighted by atomic mass is 10.2. The van der Waals surface area contributed by atoms with Crippen molar-refractivity contribution in [2.45, 2.75) is 12.8 Å². The maximum Gasteiger partial charge on any atom is 0.277 e. The number of carbonyl (C=O) groups is 2. The van der Waals surface area contributed by atoms with Crippen LogP contribution in [0.2, 0.25) is 0 Å². The molecule has 0 atom stereocenters. The third-order valence-corrected chi connectivity index (χ3v) is 2.19. The minimum Gasteiger partial charge on any atom is -0.286 e. The Hall–Kier alpha value is -1.39. The fraction of sp³-hybridized carbons (Fsp3) is 0.273. The number of rotatable bonds is 5. The van der Waals surface area contributed by atoms with Gasteiger partial charge in [0.2, 0.25) is 5.24 Å². The van der Waals surface area contributed by atoms with Crippen molar-refractivity contribution in [3.8, 4) is 0 Å². The molecule has 86 valence electrons. The number of benzene rings is 1. The zero-order chi connectivity index (χ0) is 12.0. The minimum absolute atomic E-state index is 0.0895. The molecule has 0 aliphatic heterocycles. The van der Waals surface area contributed by atoms with E-state index >= 15 is 0 Å². The Labute approximate surface area is 98.4 Å². The first kappa shape index (κ1) is 12.7. The zero-order valence-corrected chi connectivity index (χ0v) is 9.35. The Balaban J connectivity index is 2.45. The van der Waals surface area contributed by atoms with Gasteiger partial charge in [0.05, 0.1) is 0 Å². The quantitative estimate of drug-likeness (QED) is 0.488. The van der Waals surface area contributed by atoms with E-state index < -0.39 is 11.1 Å². The highest BCUT2D eigenvalue weighted by molar-refractivity contribution is 6.63. The van der Waals surface area contributed by atoms with Crippen molar-refractivity contribution in [1.82, 2.24) is 5.06 Å². The summed E-state index contributed by atoms with van der Waals surface area (Å²) in [6, 6.07) is 8.42. The topological polar surface area (TPSA) is 57.6 Å². The number of hydrogen-bond acceptors (Lipinski definition) is 3. The number of carbonyl (C=O) groups excluding carboxylic acids is 2. The highest BCUT2D eigenvalue weighted by Crippen LogP contribution is 2.04. The molecule has 4 nitrogen and oxygen atoms in total. The van der Waals surface area contributed by atoms with Crippen LogP contribution in [0.25, 0.3) is 0 Å². The van der Waals surface area contributed by atoms with Gasteiger partial charge in [0, 0.05) is 18.5 Å². The fourth-order valence-corrected chi connectivity index (χ4v) is 1.33. The summed E-state index contributed by atoms with van der Waals surface area (Å²) in [5.74, 6) is -0.484. The Morgan fingerprint density at radius 1 is 1.25 bits per heavy atom. The van der Waals surface area contributed by atoms with Crippen molar-refractivity contribution in [3.05, 3.63) is 35.9 Å². The van der Waals surface area contributed by atoms with E-state index in [-0.39, 0.29) is 13.0 Å². The van der Waals surface area contributed by atoms with Crippen LogP contribution in [0.3, 0.4) is 0 Å². The molecule has 0 aliphatic rings. The predicted molar refractivity (Wildman–Crippen MR) is 59.4 cm³/mol. The van der Waals surface area contributed by atoms with E-state index in [1.165, 1.54) is 0 Å². The van der Waals surface area contributed by atoms with Crippen molar-refractivity contribution in [2.75, 3.05) is 6.54 Å². The second-order valence-corrected chi connectivity index (χ2v) is 3.67. The van der Waals surface area contributed by atoms with Gasteiger partial charge in [-0.15, -0.1) is 0 Å². The number of nitrogens with zero attached hydrogens (tertiary/aromatic N) is 1. The summed E-state index contributed by atoms with van der Waals surface area (Å²) in [6.07, 6.45) is 0.484. The van der Waals surface area contributed by atoms with E-state index in [0.29, 0.717) is 17.0 Å². The molecule has 0 fully saturated rings. The van der Waals surface area contributed by atoms with Crippen LogP contribution >= 0.6 is 11.6 Å². The van der Waals surface area contributed by atoms with Gasteiger partial charge in [-0.2, -0.15) is 0 Å². The molecule has 0 heterocycles. The third kappa shape index (κ3) is 4.00. The van der Waals surface area contributed by atoms with Gasteiger partial charge >= 0.3 is 0 Å². The summed E-state index contributed by atoms with van der Waals surface area (Å²) < 4.78 is 0. The number of hydrogen-bond donors (Lipinski definition) is 1. The largest absolute Gasteiger partial charge is 0.286 e. The molecular weight excluding hydrogens is 230 g/mol. The molecule has 5 heteroatoms. The van der Waals surface area contributed by atoms with Crippen molar-refractivity contribution in [1.29, 1.82) is 0 Å². The second-order valence-electron chi connectivity index (χ2n) is 3.25. The molecular formula is C11H12ClNO3. The lowest BCUT2D eigenvalue weighted by Crippen LogP contribution is -2.28. The molecule has 0 radical (unpaired) electrons. The summed E-state index contributed by atoms with van der Waals surface area (Å²) in [6.45, 7) is 0.0895. The smallest absolute Gasteiger partial charge is 0.277 e. The van der Waals surface area contributed by atoms with Gasteiger partial charge in [0.1, 0.15) is 0 Å². The van der Waals surface area contributed by atoms with Crippen LogP contribution in [0.5, 0.6) is 0 Å². The van der Waals surface area contributed by atoms with Crippen LogP contribution in [-0.2, 0) is 4.79 Å². The SMILES string of the molecule is O=C(Cl)CCCN(O)C(=O)c1ccccc1. The first-order chi connectivity index (χ1) is 7.61. The van der Waals surface area contributed by atoms with Gasteiger partial charge in [0.15, 0.2) is 0 Å². The lowest BCUT2D eigenvalue weighted by Gasteiger charge is -2.14. The van der Waals surface area contributed by atoms with Crippen LogP contribution in [0, 0.1) is 0 Å². The Morgan fingerprint density at radius 3 is 2.44 bits per heavy atom.